The monoisotopic (exact) mass is 127 g/mol. The summed E-state index contributed by atoms with van der Waals surface area (Å²) in [7, 11) is 0. The first-order valence-corrected chi connectivity index (χ1v) is 3.24. The average Bonchev–Trinajstić information content (AvgIpc) is 2.08. The van der Waals surface area contributed by atoms with Crippen molar-refractivity contribution in [2.45, 2.75) is 26.9 Å². The van der Waals surface area contributed by atoms with Gasteiger partial charge in [0.15, 0.2) is 6.40 Å². The van der Waals surface area contributed by atoms with Crippen molar-refractivity contribution in [3.8, 4) is 0 Å². The summed E-state index contributed by atoms with van der Waals surface area (Å²) in [5.74, 6) is 0. The lowest BCUT2D eigenvalue weighted by atomic mass is 9.89. The summed E-state index contributed by atoms with van der Waals surface area (Å²) < 4.78 is 5.23. The van der Waals surface area contributed by atoms with Crippen molar-refractivity contribution in [3.63, 3.8) is 0 Å². The number of hydrogen-bond donors (Lipinski definition) is 0. The zero-order valence-corrected chi connectivity index (χ0v) is 6.22. The van der Waals surface area contributed by atoms with Gasteiger partial charge in [-0.15, -0.1) is 0 Å². The zero-order valence-electron chi connectivity index (χ0n) is 6.22. The van der Waals surface area contributed by atoms with Gasteiger partial charge < -0.3 is 4.74 Å². The topological polar surface area (TPSA) is 21.6 Å². The number of nitrogens with zero attached hydrogens (tertiary/aromatic N) is 1. The van der Waals surface area contributed by atoms with Crippen molar-refractivity contribution >= 4 is 6.40 Å². The highest BCUT2D eigenvalue weighted by molar-refractivity contribution is 5.49. The molecule has 0 amide bonds. The molecule has 0 bridgehead atoms. The molecule has 0 radical (unpaired) electrons. The molecular formula is C7H13NO. The van der Waals surface area contributed by atoms with E-state index in [1.807, 2.05) is 0 Å². The van der Waals surface area contributed by atoms with Gasteiger partial charge in [-0.1, -0.05) is 20.8 Å². The molecule has 2 nitrogen and oxygen atoms in total. The van der Waals surface area contributed by atoms with E-state index in [0.29, 0.717) is 0 Å². The SMILES string of the molecule is CC(C)(C)C1CN=CO1. The third-order valence-electron chi connectivity index (χ3n) is 1.54. The number of aliphatic imine (C=N–C) groups is 1. The molecule has 2 heteroatoms. The van der Waals surface area contributed by atoms with Gasteiger partial charge in [-0.05, 0) is 0 Å². The molecule has 0 aromatic rings. The van der Waals surface area contributed by atoms with E-state index < -0.39 is 0 Å². The predicted molar refractivity (Wildman–Crippen MR) is 37.7 cm³/mol. The Labute approximate surface area is 55.9 Å². The molecule has 0 aromatic heterocycles. The Hall–Kier alpha value is -0.530. The molecule has 0 aromatic carbocycles. The largest absolute Gasteiger partial charge is 0.478 e. The van der Waals surface area contributed by atoms with Gasteiger partial charge in [0.2, 0.25) is 0 Å². The molecule has 1 unspecified atom stereocenters. The Morgan fingerprint density at radius 3 is 2.44 bits per heavy atom. The molecular weight excluding hydrogens is 114 g/mol. The van der Waals surface area contributed by atoms with Gasteiger partial charge in [-0.3, -0.25) is 4.99 Å². The van der Waals surface area contributed by atoms with E-state index in [2.05, 4.69) is 25.8 Å². The van der Waals surface area contributed by atoms with Crippen molar-refractivity contribution in [2.24, 2.45) is 10.4 Å². The Morgan fingerprint density at radius 1 is 1.56 bits per heavy atom. The highest BCUT2D eigenvalue weighted by Gasteiger charge is 2.27. The molecule has 1 aliphatic heterocycles. The first kappa shape index (κ1) is 6.59. The molecule has 0 saturated carbocycles. The highest BCUT2D eigenvalue weighted by Crippen LogP contribution is 2.23. The Kier molecular flexibility index (Phi) is 1.47. The summed E-state index contributed by atoms with van der Waals surface area (Å²) >= 11 is 0. The van der Waals surface area contributed by atoms with Crippen LogP contribution in [0.3, 0.4) is 0 Å². The van der Waals surface area contributed by atoms with Crippen LogP contribution in [0.5, 0.6) is 0 Å². The third-order valence-corrected chi connectivity index (χ3v) is 1.54. The summed E-state index contributed by atoms with van der Waals surface area (Å²) in [5, 5.41) is 0. The minimum absolute atomic E-state index is 0.233. The second-order valence-electron chi connectivity index (χ2n) is 3.46. The van der Waals surface area contributed by atoms with E-state index in [1.165, 1.54) is 0 Å². The third kappa shape index (κ3) is 1.44. The van der Waals surface area contributed by atoms with Gasteiger partial charge in [-0.25, -0.2) is 0 Å². The molecule has 9 heavy (non-hydrogen) atoms. The second-order valence-corrected chi connectivity index (χ2v) is 3.46. The smallest absolute Gasteiger partial charge is 0.170 e. The first-order valence-electron chi connectivity index (χ1n) is 3.24. The van der Waals surface area contributed by atoms with Crippen LogP contribution < -0.4 is 0 Å². The van der Waals surface area contributed by atoms with E-state index >= 15 is 0 Å². The molecule has 0 N–H and O–H groups in total. The minimum atomic E-state index is 0.233. The maximum absolute atomic E-state index is 5.23. The van der Waals surface area contributed by atoms with Crippen molar-refractivity contribution in [1.82, 2.24) is 0 Å². The summed E-state index contributed by atoms with van der Waals surface area (Å²) in [6.07, 6.45) is 1.84. The van der Waals surface area contributed by atoms with Crippen LogP contribution in [0.4, 0.5) is 0 Å². The summed E-state index contributed by atoms with van der Waals surface area (Å²) in [4.78, 5) is 3.98. The highest BCUT2D eigenvalue weighted by atomic mass is 16.5. The summed E-state index contributed by atoms with van der Waals surface area (Å²) in [6, 6.07) is 0. The van der Waals surface area contributed by atoms with Crippen molar-refractivity contribution in [1.29, 1.82) is 0 Å². The fourth-order valence-electron chi connectivity index (χ4n) is 0.776. The number of hydrogen-bond acceptors (Lipinski definition) is 2. The maximum atomic E-state index is 5.23. The van der Waals surface area contributed by atoms with E-state index in [1.54, 1.807) is 6.40 Å². The molecule has 0 aliphatic carbocycles. The van der Waals surface area contributed by atoms with Gasteiger partial charge in [0.05, 0.1) is 6.54 Å². The second kappa shape index (κ2) is 2.01. The van der Waals surface area contributed by atoms with Gasteiger partial charge in [0.1, 0.15) is 6.10 Å². The van der Waals surface area contributed by atoms with Crippen LogP contribution in [0.2, 0.25) is 0 Å². The van der Waals surface area contributed by atoms with Crippen LogP contribution in [0.15, 0.2) is 4.99 Å². The van der Waals surface area contributed by atoms with Gasteiger partial charge in [0, 0.05) is 5.41 Å². The normalized spacial score (nSPS) is 26.3. The number of ether oxygens (including phenoxy) is 1. The molecule has 0 spiro atoms. The van der Waals surface area contributed by atoms with E-state index in [4.69, 9.17) is 4.74 Å². The van der Waals surface area contributed by atoms with Crippen LogP contribution in [0.1, 0.15) is 20.8 Å². The lowest BCUT2D eigenvalue weighted by molar-refractivity contribution is 0.109. The predicted octanol–water partition coefficient (Wildman–Crippen LogP) is 1.46. The lowest BCUT2D eigenvalue weighted by Gasteiger charge is -2.24. The van der Waals surface area contributed by atoms with Crippen molar-refractivity contribution < 1.29 is 4.74 Å². The van der Waals surface area contributed by atoms with E-state index in [-0.39, 0.29) is 11.5 Å². The molecule has 1 heterocycles. The molecule has 1 rings (SSSR count). The number of rotatable bonds is 0. The Morgan fingerprint density at radius 2 is 2.22 bits per heavy atom. The van der Waals surface area contributed by atoms with Crippen molar-refractivity contribution in [2.75, 3.05) is 6.54 Å². The summed E-state index contributed by atoms with van der Waals surface area (Å²) in [5.41, 5.74) is 0.233. The van der Waals surface area contributed by atoms with Gasteiger partial charge in [-0.2, -0.15) is 0 Å². The van der Waals surface area contributed by atoms with Crippen LogP contribution in [-0.4, -0.2) is 19.0 Å². The first-order chi connectivity index (χ1) is 4.11. The molecule has 0 saturated heterocycles. The fourth-order valence-corrected chi connectivity index (χ4v) is 0.776. The van der Waals surface area contributed by atoms with Crippen LogP contribution in [0, 0.1) is 5.41 Å². The molecule has 0 fully saturated rings. The Balaban J connectivity index is 2.46. The standard InChI is InChI=1S/C7H13NO/c1-7(2,3)6-4-8-5-9-6/h5-6H,4H2,1-3H3. The van der Waals surface area contributed by atoms with E-state index in [9.17, 15) is 0 Å². The minimum Gasteiger partial charge on any atom is -0.478 e. The van der Waals surface area contributed by atoms with Crippen LogP contribution in [-0.2, 0) is 4.74 Å². The van der Waals surface area contributed by atoms with Crippen molar-refractivity contribution in [3.05, 3.63) is 0 Å². The summed E-state index contributed by atoms with van der Waals surface area (Å²) in [6.45, 7) is 7.30. The van der Waals surface area contributed by atoms with Gasteiger partial charge >= 0.3 is 0 Å². The van der Waals surface area contributed by atoms with Gasteiger partial charge in [0.25, 0.3) is 0 Å². The maximum Gasteiger partial charge on any atom is 0.170 e. The molecule has 52 valence electrons. The van der Waals surface area contributed by atoms with E-state index in [0.717, 1.165) is 6.54 Å². The molecule has 1 atom stereocenters. The Bertz CT molecular complexity index is 115. The fraction of sp³-hybridized carbons (Fsp3) is 0.857. The van der Waals surface area contributed by atoms with Crippen LogP contribution in [0.25, 0.3) is 0 Å². The zero-order chi connectivity index (χ0) is 6.91. The quantitative estimate of drug-likeness (QED) is 0.482. The lowest BCUT2D eigenvalue weighted by Crippen LogP contribution is -2.28. The van der Waals surface area contributed by atoms with Crippen LogP contribution >= 0.6 is 0 Å². The molecule has 1 aliphatic rings. The average molecular weight is 127 g/mol.